The molecular weight excluding hydrogens is 865 g/mol. The fourth-order valence-electron chi connectivity index (χ4n) is 7.26. The molecule has 0 spiro atoms. The van der Waals surface area contributed by atoms with Gasteiger partial charge in [0, 0.05) is 86.6 Å². The van der Waals surface area contributed by atoms with Crippen LogP contribution in [0.3, 0.4) is 0 Å². The summed E-state index contributed by atoms with van der Waals surface area (Å²) in [6.45, 7) is 8.40. The molecule has 332 valence electrons. The van der Waals surface area contributed by atoms with Crippen molar-refractivity contribution < 1.29 is 28.0 Å². The Bertz CT molecular complexity index is 2270. The van der Waals surface area contributed by atoms with Crippen LogP contribution in [-0.2, 0) is 0 Å². The smallest absolute Gasteiger partial charge is 0.317 e. The highest BCUT2D eigenvalue weighted by Crippen LogP contribution is 2.28. The average molecular weight is 912 g/mol. The minimum atomic E-state index is -0.352. The maximum absolute atomic E-state index is 13.4. The Morgan fingerprint density at radius 3 is 1.12 bits per heavy atom. The Morgan fingerprint density at radius 2 is 0.812 bits per heavy atom. The SMILES string of the molecule is CCNC(=O)N1CCN(C(=O)c2cc(-c3ccc(Cl)cc3)n(-c3ccc(F)cc3)n2)CC1.CCNC(=O)N1CCN(C(=O)c2cc(-c3ccc(Cl)cc3)n(-c3ccc(F)cc3)n2)CC1. The fourth-order valence-corrected chi connectivity index (χ4v) is 7.51. The van der Waals surface area contributed by atoms with Crippen LogP contribution in [0.4, 0.5) is 18.4 Å². The van der Waals surface area contributed by atoms with Crippen molar-refractivity contribution in [1.29, 1.82) is 0 Å². The lowest BCUT2D eigenvalue weighted by Crippen LogP contribution is -2.53. The third kappa shape index (κ3) is 10.7. The summed E-state index contributed by atoms with van der Waals surface area (Å²) in [6.07, 6.45) is 0. The number of carbonyl (C=O) groups is 4. The summed E-state index contributed by atoms with van der Waals surface area (Å²) in [5.41, 5.74) is 4.87. The van der Waals surface area contributed by atoms with Crippen LogP contribution in [0.2, 0.25) is 10.0 Å². The first kappa shape index (κ1) is 45.3. The first-order valence-electron chi connectivity index (χ1n) is 20.8. The zero-order valence-corrected chi connectivity index (χ0v) is 36.7. The van der Waals surface area contributed by atoms with Gasteiger partial charge < -0.3 is 30.2 Å². The van der Waals surface area contributed by atoms with Gasteiger partial charge in [-0.05, 0) is 98.8 Å². The minimum Gasteiger partial charge on any atom is -0.338 e. The molecule has 18 heteroatoms. The summed E-state index contributed by atoms with van der Waals surface area (Å²) in [5, 5.41) is 15.8. The second-order valence-electron chi connectivity index (χ2n) is 14.8. The van der Waals surface area contributed by atoms with E-state index in [1.54, 1.807) is 89.6 Å². The molecule has 4 aromatic carbocycles. The summed E-state index contributed by atoms with van der Waals surface area (Å²) >= 11 is 12.1. The monoisotopic (exact) mass is 910 g/mol. The van der Waals surface area contributed by atoms with E-state index in [0.29, 0.717) is 98.3 Å². The van der Waals surface area contributed by atoms with Crippen molar-refractivity contribution in [3.63, 3.8) is 0 Å². The van der Waals surface area contributed by atoms with Crippen molar-refractivity contribution in [3.8, 4) is 33.9 Å². The van der Waals surface area contributed by atoms with Gasteiger partial charge in [-0.15, -0.1) is 0 Å². The van der Waals surface area contributed by atoms with Crippen LogP contribution in [0.1, 0.15) is 34.8 Å². The van der Waals surface area contributed by atoms with Gasteiger partial charge in [-0.1, -0.05) is 47.5 Å². The third-order valence-electron chi connectivity index (χ3n) is 10.6. The summed E-state index contributed by atoms with van der Waals surface area (Å²) in [7, 11) is 0. The van der Waals surface area contributed by atoms with E-state index in [1.165, 1.54) is 24.3 Å². The number of nitrogens with zero attached hydrogens (tertiary/aromatic N) is 8. The molecule has 2 saturated heterocycles. The van der Waals surface area contributed by atoms with Crippen LogP contribution < -0.4 is 10.6 Å². The molecule has 8 rings (SSSR count). The largest absolute Gasteiger partial charge is 0.338 e. The lowest BCUT2D eigenvalue weighted by atomic mass is 10.1. The van der Waals surface area contributed by atoms with E-state index in [1.807, 2.05) is 38.1 Å². The van der Waals surface area contributed by atoms with E-state index < -0.39 is 0 Å². The van der Waals surface area contributed by atoms with Gasteiger partial charge in [0.2, 0.25) is 0 Å². The van der Waals surface area contributed by atoms with Gasteiger partial charge >= 0.3 is 12.1 Å². The van der Waals surface area contributed by atoms with E-state index >= 15 is 0 Å². The summed E-state index contributed by atoms with van der Waals surface area (Å²) in [6, 6.07) is 29.5. The number of urea groups is 2. The van der Waals surface area contributed by atoms with Crippen molar-refractivity contribution in [3.05, 3.63) is 142 Å². The Hall–Kier alpha value is -6.78. The normalized spacial score (nSPS) is 13.8. The quantitative estimate of drug-likeness (QED) is 0.161. The van der Waals surface area contributed by atoms with Crippen LogP contribution in [0.15, 0.2) is 109 Å². The maximum Gasteiger partial charge on any atom is 0.317 e. The molecule has 0 aliphatic carbocycles. The number of piperazine rings is 2. The topological polar surface area (TPSA) is 141 Å². The average Bonchev–Trinajstić information content (AvgIpc) is 3.97. The van der Waals surface area contributed by atoms with Gasteiger partial charge in [0.1, 0.15) is 11.6 Å². The van der Waals surface area contributed by atoms with Crippen molar-refractivity contribution >= 4 is 47.1 Å². The Balaban J connectivity index is 0.000000191. The molecule has 4 heterocycles. The first-order chi connectivity index (χ1) is 30.9. The molecule has 6 amide bonds. The molecule has 0 unspecified atom stereocenters. The number of amides is 6. The third-order valence-corrected chi connectivity index (χ3v) is 11.1. The molecule has 2 aliphatic heterocycles. The highest BCUT2D eigenvalue weighted by atomic mass is 35.5. The van der Waals surface area contributed by atoms with Crippen molar-refractivity contribution in [2.45, 2.75) is 13.8 Å². The second kappa shape index (κ2) is 20.6. The number of hydrogen-bond donors (Lipinski definition) is 2. The van der Waals surface area contributed by atoms with Crippen LogP contribution in [0.25, 0.3) is 33.9 Å². The summed E-state index contributed by atoms with van der Waals surface area (Å²) in [5.74, 6) is -1.13. The number of aromatic nitrogens is 4. The number of halogens is 4. The molecule has 0 bridgehead atoms. The summed E-state index contributed by atoms with van der Waals surface area (Å²) < 4.78 is 30.1. The Labute approximate surface area is 378 Å². The maximum atomic E-state index is 13.4. The van der Waals surface area contributed by atoms with E-state index in [9.17, 15) is 28.0 Å². The van der Waals surface area contributed by atoms with Gasteiger partial charge in [0.25, 0.3) is 11.8 Å². The first-order valence-corrected chi connectivity index (χ1v) is 21.6. The van der Waals surface area contributed by atoms with Gasteiger partial charge in [0.05, 0.1) is 22.8 Å². The molecule has 0 saturated carbocycles. The highest BCUT2D eigenvalue weighted by Gasteiger charge is 2.29. The molecule has 6 aromatic rings. The van der Waals surface area contributed by atoms with Gasteiger partial charge in [-0.25, -0.2) is 27.7 Å². The van der Waals surface area contributed by atoms with Gasteiger partial charge in [-0.3, -0.25) is 9.59 Å². The van der Waals surface area contributed by atoms with E-state index in [0.717, 1.165) is 11.1 Å². The van der Waals surface area contributed by atoms with Crippen LogP contribution in [0.5, 0.6) is 0 Å². The lowest BCUT2D eigenvalue weighted by Gasteiger charge is -2.34. The molecule has 0 atom stereocenters. The van der Waals surface area contributed by atoms with Crippen molar-refractivity contribution in [2.24, 2.45) is 0 Å². The number of hydrogen-bond acceptors (Lipinski definition) is 6. The van der Waals surface area contributed by atoms with E-state index in [4.69, 9.17) is 23.2 Å². The van der Waals surface area contributed by atoms with Crippen molar-refractivity contribution in [2.75, 3.05) is 65.4 Å². The van der Waals surface area contributed by atoms with Crippen molar-refractivity contribution in [1.82, 2.24) is 49.8 Å². The molecule has 2 aromatic heterocycles. The van der Waals surface area contributed by atoms with E-state index in [2.05, 4.69) is 20.8 Å². The number of nitrogens with one attached hydrogen (secondary N) is 2. The predicted octanol–water partition coefficient (Wildman–Crippen LogP) is 7.64. The molecule has 2 N–H and O–H groups in total. The molecule has 14 nitrogen and oxygen atoms in total. The van der Waals surface area contributed by atoms with Gasteiger partial charge in [-0.2, -0.15) is 10.2 Å². The fraction of sp³-hybridized carbons (Fsp3) is 0.261. The zero-order valence-electron chi connectivity index (χ0n) is 35.2. The Kier molecular flexibility index (Phi) is 14.6. The van der Waals surface area contributed by atoms with Crippen LogP contribution in [0, 0.1) is 11.6 Å². The van der Waals surface area contributed by atoms with Gasteiger partial charge in [0.15, 0.2) is 11.4 Å². The summed E-state index contributed by atoms with van der Waals surface area (Å²) in [4.78, 5) is 57.2. The molecule has 0 radical (unpaired) electrons. The molecule has 64 heavy (non-hydrogen) atoms. The molecule has 2 fully saturated rings. The standard InChI is InChI=1S/2C23H23ClFN5O2/c2*1-2-26-23(32)29-13-11-28(12-14-29)22(31)20-15-21(16-3-5-17(24)6-4-16)30(27-20)19-9-7-18(25)8-10-19/h2*3-10,15H,2,11-14H2,1H3,(H,26,32). The molecule has 2 aliphatic rings. The zero-order chi connectivity index (χ0) is 45.3. The number of rotatable bonds is 8. The minimum absolute atomic E-state index is 0.120. The lowest BCUT2D eigenvalue weighted by molar-refractivity contribution is 0.0654. The molecular formula is C46H46Cl2F2N10O4. The second-order valence-corrected chi connectivity index (χ2v) is 15.7. The van der Waals surface area contributed by atoms with E-state index in [-0.39, 0.29) is 46.9 Å². The number of benzene rings is 4. The van der Waals surface area contributed by atoms with Crippen LogP contribution in [-0.4, -0.2) is 128 Å². The number of carbonyl (C=O) groups excluding carboxylic acids is 4. The Morgan fingerprint density at radius 1 is 0.500 bits per heavy atom. The highest BCUT2D eigenvalue weighted by molar-refractivity contribution is 6.31. The van der Waals surface area contributed by atoms with Crippen LogP contribution >= 0.6 is 23.2 Å². The predicted molar refractivity (Wildman–Crippen MR) is 241 cm³/mol.